The number of hydrogen-bond donors (Lipinski definition) is 1. The number of benzene rings is 2. The van der Waals surface area contributed by atoms with Crippen LogP contribution in [0.3, 0.4) is 0 Å². The van der Waals surface area contributed by atoms with Gasteiger partial charge in [-0.25, -0.2) is 0 Å². The number of nitrogens with one attached hydrogen (secondary N) is 1. The third kappa shape index (κ3) is 4.79. The first-order chi connectivity index (χ1) is 15.3. The molecule has 0 bridgehead atoms. The molecule has 0 saturated heterocycles. The van der Waals surface area contributed by atoms with Gasteiger partial charge in [0, 0.05) is 34.1 Å². The number of anilines is 1. The first-order valence-corrected chi connectivity index (χ1v) is 12.2. The summed E-state index contributed by atoms with van der Waals surface area (Å²) in [7, 11) is 1.95. The molecule has 2 aromatic heterocycles. The molecular weight excluding hydrogens is 436 g/mol. The molecule has 0 unspecified atom stereocenters. The Bertz CT molecular complexity index is 1250. The van der Waals surface area contributed by atoms with Crippen molar-refractivity contribution in [1.29, 1.82) is 0 Å². The van der Waals surface area contributed by atoms with Gasteiger partial charge in [0.15, 0.2) is 11.0 Å². The lowest BCUT2D eigenvalue weighted by Crippen LogP contribution is -2.14. The lowest BCUT2D eigenvalue weighted by Gasteiger charge is -2.08. The van der Waals surface area contributed by atoms with E-state index in [0.29, 0.717) is 5.16 Å². The van der Waals surface area contributed by atoms with Crippen molar-refractivity contribution in [2.75, 3.05) is 11.1 Å². The molecule has 0 saturated carbocycles. The number of carbonyl (C=O) groups is 1. The first-order valence-electron chi connectivity index (χ1n) is 10.4. The molecule has 0 radical (unpaired) electrons. The Labute approximate surface area is 196 Å². The summed E-state index contributed by atoms with van der Waals surface area (Å²) < 4.78 is 1.97. The lowest BCUT2D eigenvalue weighted by atomic mass is 10.0. The third-order valence-electron chi connectivity index (χ3n) is 5.23. The van der Waals surface area contributed by atoms with Crippen LogP contribution in [0.5, 0.6) is 0 Å². The highest BCUT2D eigenvalue weighted by Gasteiger charge is 2.19. The maximum atomic E-state index is 12.5. The van der Waals surface area contributed by atoms with Crippen LogP contribution in [-0.4, -0.2) is 26.4 Å². The Morgan fingerprint density at radius 1 is 1.00 bits per heavy atom. The summed E-state index contributed by atoms with van der Waals surface area (Å²) in [5.74, 6) is 1.02. The quantitative estimate of drug-likeness (QED) is 0.348. The standard InChI is InChI=1S/C25H26N4OS2/c1-15-6-8-19(9-7-15)23-18(4)31-13-21(23)24-27-28-25(29(24)5)32-14-22(30)26-20-11-16(2)10-17(3)12-20/h6-13H,14H2,1-5H3,(H,26,30). The molecule has 1 N–H and O–H groups in total. The Hall–Kier alpha value is -2.90. The molecule has 0 aliphatic heterocycles. The van der Waals surface area contributed by atoms with Crippen LogP contribution in [0.25, 0.3) is 22.5 Å². The van der Waals surface area contributed by atoms with Gasteiger partial charge in [-0.3, -0.25) is 4.79 Å². The molecule has 5 nitrogen and oxygen atoms in total. The second-order valence-corrected chi connectivity index (χ2v) is 10.1. The Morgan fingerprint density at radius 2 is 1.69 bits per heavy atom. The van der Waals surface area contributed by atoms with Gasteiger partial charge in [-0.05, 0) is 56.5 Å². The van der Waals surface area contributed by atoms with E-state index in [2.05, 4.69) is 65.1 Å². The van der Waals surface area contributed by atoms with Gasteiger partial charge in [0.05, 0.1) is 5.75 Å². The molecule has 2 aromatic carbocycles. The third-order valence-corrected chi connectivity index (χ3v) is 7.16. The highest BCUT2D eigenvalue weighted by molar-refractivity contribution is 7.99. The monoisotopic (exact) mass is 462 g/mol. The van der Waals surface area contributed by atoms with Crippen molar-refractivity contribution in [3.05, 3.63) is 69.4 Å². The second kappa shape index (κ2) is 9.30. The SMILES string of the molecule is Cc1ccc(-c2c(-c3nnc(SCC(=O)Nc4cc(C)cc(C)c4)n3C)csc2C)cc1. The van der Waals surface area contributed by atoms with Crippen LogP contribution in [-0.2, 0) is 11.8 Å². The summed E-state index contributed by atoms with van der Waals surface area (Å²) >= 11 is 3.10. The van der Waals surface area contributed by atoms with E-state index in [0.717, 1.165) is 28.2 Å². The minimum Gasteiger partial charge on any atom is -0.325 e. The van der Waals surface area contributed by atoms with Gasteiger partial charge in [-0.2, -0.15) is 0 Å². The van der Waals surface area contributed by atoms with Gasteiger partial charge in [-0.15, -0.1) is 21.5 Å². The number of rotatable bonds is 6. The number of amides is 1. The van der Waals surface area contributed by atoms with E-state index >= 15 is 0 Å². The first kappa shape index (κ1) is 22.3. The van der Waals surface area contributed by atoms with Crippen molar-refractivity contribution in [3.8, 4) is 22.5 Å². The van der Waals surface area contributed by atoms with Gasteiger partial charge in [-0.1, -0.05) is 47.7 Å². The van der Waals surface area contributed by atoms with Crippen LogP contribution < -0.4 is 5.32 Å². The molecule has 0 atom stereocenters. The fourth-order valence-corrected chi connectivity index (χ4v) is 5.32. The van der Waals surface area contributed by atoms with Crippen molar-refractivity contribution < 1.29 is 4.79 Å². The number of hydrogen-bond acceptors (Lipinski definition) is 5. The smallest absolute Gasteiger partial charge is 0.234 e. The molecule has 0 aliphatic rings. The van der Waals surface area contributed by atoms with Gasteiger partial charge in [0.2, 0.25) is 5.91 Å². The number of thiophene rings is 1. The summed E-state index contributed by atoms with van der Waals surface area (Å²) in [5.41, 5.74) is 7.74. The maximum absolute atomic E-state index is 12.5. The zero-order valence-electron chi connectivity index (χ0n) is 18.9. The summed E-state index contributed by atoms with van der Waals surface area (Å²) in [6.07, 6.45) is 0. The summed E-state index contributed by atoms with van der Waals surface area (Å²) in [5, 5.41) is 14.6. The van der Waals surface area contributed by atoms with E-state index in [4.69, 9.17) is 0 Å². The van der Waals surface area contributed by atoms with Crippen LogP contribution in [0.4, 0.5) is 5.69 Å². The Morgan fingerprint density at radius 3 is 2.38 bits per heavy atom. The van der Waals surface area contributed by atoms with E-state index in [1.165, 1.54) is 33.3 Å². The average Bonchev–Trinajstić information content (AvgIpc) is 3.28. The summed E-state index contributed by atoms with van der Waals surface area (Å²) in [4.78, 5) is 13.7. The van der Waals surface area contributed by atoms with Gasteiger partial charge in [0.25, 0.3) is 0 Å². The number of aryl methyl sites for hydroxylation is 4. The fourth-order valence-electron chi connectivity index (χ4n) is 3.75. The highest BCUT2D eigenvalue weighted by atomic mass is 32.2. The largest absolute Gasteiger partial charge is 0.325 e. The van der Waals surface area contributed by atoms with Crippen LogP contribution in [0.1, 0.15) is 21.6 Å². The summed E-state index contributed by atoms with van der Waals surface area (Å²) in [6.45, 7) is 8.27. The topological polar surface area (TPSA) is 59.8 Å². The number of nitrogens with zero attached hydrogens (tertiary/aromatic N) is 3. The second-order valence-electron chi connectivity index (χ2n) is 8.03. The molecule has 1 amide bonds. The average molecular weight is 463 g/mol. The van der Waals surface area contributed by atoms with Crippen molar-refractivity contribution in [2.24, 2.45) is 7.05 Å². The van der Waals surface area contributed by atoms with E-state index in [-0.39, 0.29) is 11.7 Å². The molecule has 32 heavy (non-hydrogen) atoms. The molecule has 164 valence electrons. The number of aromatic nitrogens is 3. The minimum absolute atomic E-state index is 0.0590. The predicted octanol–water partition coefficient (Wildman–Crippen LogP) is 6.18. The Kier molecular flexibility index (Phi) is 6.48. The zero-order valence-corrected chi connectivity index (χ0v) is 20.5. The molecule has 0 fully saturated rings. The molecule has 2 heterocycles. The van der Waals surface area contributed by atoms with Crippen molar-refractivity contribution in [3.63, 3.8) is 0 Å². The van der Waals surface area contributed by atoms with E-state index in [9.17, 15) is 4.79 Å². The molecule has 0 aliphatic carbocycles. The zero-order chi connectivity index (χ0) is 22.8. The number of thioether (sulfide) groups is 1. The Balaban J connectivity index is 1.51. The van der Waals surface area contributed by atoms with Crippen molar-refractivity contribution in [2.45, 2.75) is 32.9 Å². The van der Waals surface area contributed by atoms with E-state index < -0.39 is 0 Å². The molecular formula is C25H26N4OS2. The molecule has 4 aromatic rings. The van der Waals surface area contributed by atoms with E-state index in [1.54, 1.807) is 11.3 Å². The van der Waals surface area contributed by atoms with Gasteiger partial charge >= 0.3 is 0 Å². The minimum atomic E-state index is -0.0590. The fraction of sp³-hybridized carbons (Fsp3) is 0.240. The number of carbonyl (C=O) groups excluding carboxylic acids is 1. The normalized spacial score (nSPS) is 11.0. The van der Waals surface area contributed by atoms with Gasteiger partial charge in [0.1, 0.15) is 0 Å². The van der Waals surface area contributed by atoms with E-state index in [1.807, 2.05) is 37.6 Å². The van der Waals surface area contributed by atoms with Crippen molar-refractivity contribution >= 4 is 34.7 Å². The maximum Gasteiger partial charge on any atom is 0.234 e. The van der Waals surface area contributed by atoms with Crippen LogP contribution in [0, 0.1) is 27.7 Å². The lowest BCUT2D eigenvalue weighted by molar-refractivity contribution is -0.113. The van der Waals surface area contributed by atoms with Crippen molar-refractivity contribution in [1.82, 2.24) is 14.8 Å². The summed E-state index contributed by atoms with van der Waals surface area (Å²) in [6, 6.07) is 14.6. The van der Waals surface area contributed by atoms with Gasteiger partial charge < -0.3 is 9.88 Å². The molecule has 4 rings (SSSR count). The molecule has 0 spiro atoms. The van der Waals surface area contributed by atoms with Crippen LogP contribution in [0.15, 0.2) is 53.0 Å². The van der Waals surface area contributed by atoms with Crippen LogP contribution >= 0.6 is 23.1 Å². The highest BCUT2D eigenvalue weighted by Crippen LogP contribution is 2.38. The van der Waals surface area contributed by atoms with Crippen LogP contribution in [0.2, 0.25) is 0 Å². The predicted molar refractivity (Wildman–Crippen MR) is 134 cm³/mol. The molecule has 7 heteroatoms.